The zero-order valence-electron chi connectivity index (χ0n) is 11.2. The fourth-order valence-electron chi connectivity index (χ4n) is 1.63. The monoisotopic (exact) mass is 293 g/mol. The number of aliphatic hydroxyl groups is 1. The van der Waals surface area contributed by atoms with Crippen LogP contribution >= 0.6 is 0 Å². The predicted octanol–water partition coefficient (Wildman–Crippen LogP) is 1.60. The molecule has 1 heterocycles. The Kier molecular flexibility index (Phi) is 5.52. The maximum atomic E-state index is 12.7. The fourth-order valence-corrected chi connectivity index (χ4v) is 1.63. The minimum absolute atomic E-state index is 0.00688. The van der Waals surface area contributed by atoms with Crippen molar-refractivity contribution in [2.45, 2.75) is 32.5 Å². The van der Waals surface area contributed by atoms with Gasteiger partial charge in [-0.2, -0.15) is 18.2 Å². The Hall–Kier alpha value is -1.61. The first kappa shape index (κ1) is 16.4. The van der Waals surface area contributed by atoms with Gasteiger partial charge in [0.2, 0.25) is 5.95 Å². The number of nitrogens with two attached hydrogens (primary N) is 1. The highest BCUT2D eigenvalue weighted by Gasteiger charge is 2.34. The molecule has 0 radical (unpaired) electrons. The minimum atomic E-state index is -4.59. The van der Waals surface area contributed by atoms with Crippen molar-refractivity contribution in [2.75, 3.05) is 17.3 Å². The first-order chi connectivity index (χ1) is 9.27. The standard InChI is InChI=1S/C11H18F3N5O/c1-6(2)7(3-4-20)16-9-5-8(11(12,13)14)17-10(18-9)19-15/h5-7,20H,3-4,15H2,1-2H3,(H2,16,17,18,19). The highest BCUT2D eigenvalue weighted by Crippen LogP contribution is 2.30. The van der Waals surface area contributed by atoms with Crippen molar-refractivity contribution >= 4 is 11.8 Å². The molecule has 0 aliphatic carbocycles. The van der Waals surface area contributed by atoms with Gasteiger partial charge in [-0.1, -0.05) is 13.8 Å². The maximum Gasteiger partial charge on any atom is 0.433 e. The van der Waals surface area contributed by atoms with Gasteiger partial charge in [-0.15, -0.1) is 0 Å². The average Bonchev–Trinajstić information content (AvgIpc) is 2.36. The molecule has 20 heavy (non-hydrogen) atoms. The van der Waals surface area contributed by atoms with Crippen LogP contribution in [-0.4, -0.2) is 27.7 Å². The SMILES string of the molecule is CC(C)C(CCO)Nc1cc(C(F)(F)F)nc(NN)n1. The van der Waals surface area contributed by atoms with Gasteiger partial charge in [0.1, 0.15) is 5.82 Å². The van der Waals surface area contributed by atoms with E-state index in [-0.39, 0.29) is 30.3 Å². The Bertz CT molecular complexity index is 439. The zero-order valence-corrected chi connectivity index (χ0v) is 11.2. The Morgan fingerprint density at radius 2 is 2.00 bits per heavy atom. The molecular weight excluding hydrogens is 275 g/mol. The van der Waals surface area contributed by atoms with Crippen LogP contribution in [0.1, 0.15) is 26.0 Å². The van der Waals surface area contributed by atoms with E-state index in [0.717, 1.165) is 6.07 Å². The number of aliphatic hydroxyl groups excluding tert-OH is 1. The van der Waals surface area contributed by atoms with Crippen molar-refractivity contribution in [3.8, 4) is 0 Å². The molecule has 0 saturated heterocycles. The van der Waals surface area contributed by atoms with Gasteiger partial charge in [0.05, 0.1) is 0 Å². The van der Waals surface area contributed by atoms with Crippen molar-refractivity contribution in [3.63, 3.8) is 0 Å². The first-order valence-corrected chi connectivity index (χ1v) is 6.08. The summed E-state index contributed by atoms with van der Waals surface area (Å²) >= 11 is 0. The summed E-state index contributed by atoms with van der Waals surface area (Å²) in [5.41, 5.74) is 0.914. The number of anilines is 2. The van der Waals surface area contributed by atoms with E-state index in [9.17, 15) is 13.2 Å². The summed E-state index contributed by atoms with van der Waals surface area (Å²) in [6, 6.07) is 0.606. The van der Waals surface area contributed by atoms with E-state index in [0.29, 0.717) is 6.42 Å². The number of nitrogens with one attached hydrogen (secondary N) is 2. The van der Waals surface area contributed by atoms with Crippen LogP contribution in [0.2, 0.25) is 0 Å². The third-order valence-corrected chi connectivity index (χ3v) is 2.72. The molecule has 0 spiro atoms. The van der Waals surface area contributed by atoms with Crippen LogP contribution in [0.25, 0.3) is 0 Å². The largest absolute Gasteiger partial charge is 0.433 e. The molecule has 114 valence electrons. The fraction of sp³-hybridized carbons (Fsp3) is 0.636. The van der Waals surface area contributed by atoms with E-state index < -0.39 is 11.9 Å². The van der Waals surface area contributed by atoms with Gasteiger partial charge in [-0.25, -0.2) is 10.8 Å². The molecule has 6 nitrogen and oxygen atoms in total. The van der Waals surface area contributed by atoms with Gasteiger partial charge in [0.15, 0.2) is 5.69 Å². The summed E-state index contributed by atoms with van der Waals surface area (Å²) in [4.78, 5) is 7.09. The van der Waals surface area contributed by atoms with E-state index in [1.807, 2.05) is 19.3 Å². The zero-order chi connectivity index (χ0) is 15.3. The summed E-state index contributed by atoms with van der Waals surface area (Å²) in [5, 5.41) is 11.8. The van der Waals surface area contributed by atoms with Crippen LogP contribution in [0.5, 0.6) is 0 Å². The number of aromatic nitrogens is 2. The molecular formula is C11H18F3N5O. The smallest absolute Gasteiger partial charge is 0.396 e. The summed E-state index contributed by atoms with van der Waals surface area (Å²) in [6.07, 6.45) is -4.19. The van der Waals surface area contributed by atoms with Crippen LogP contribution in [-0.2, 0) is 6.18 Å². The predicted molar refractivity (Wildman–Crippen MR) is 68.8 cm³/mol. The van der Waals surface area contributed by atoms with Crippen molar-refractivity contribution in [1.29, 1.82) is 0 Å². The molecule has 0 saturated carbocycles. The molecule has 0 fully saturated rings. The second-order valence-electron chi connectivity index (χ2n) is 4.61. The van der Waals surface area contributed by atoms with Gasteiger partial charge in [-0.05, 0) is 12.3 Å². The Labute approximate surface area is 114 Å². The van der Waals surface area contributed by atoms with Crippen molar-refractivity contribution in [3.05, 3.63) is 11.8 Å². The molecule has 0 aliphatic heterocycles. The van der Waals surface area contributed by atoms with E-state index in [4.69, 9.17) is 10.9 Å². The normalized spacial score (nSPS) is 13.4. The second-order valence-corrected chi connectivity index (χ2v) is 4.61. The van der Waals surface area contributed by atoms with Gasteiger partial charge >= 0.3 is 6.18 Å². The molecule has 0 aromatic carbocycles. The Morgan fingerprint density at radius 3 is 2.45 bits per heavy atom. The first-order valence-electron chi connectivity index (χ1n) is 6.08. The molecule has 1 atom stereocenters. The molecule has 5 N–H and O–H groups in total. The van der Waals surface area contributed by atoms with Gasteiger partial charge in [-0.3, -0.25) is 5.43 Å². The quantitative estimate of drug-likeness (QED) is 0.470. The average molecular weight is 293 g/mol. The lowest BCUT2D eigenvalue weighted by molar-refractivity contribution is -0.141. The van der Waals surface area contributed by atoms with Gasteiger partial charge in [0.25, 0.3) is 0 Å². The summed E-state index contributed by atoms with van der Waals surface area (Å²) in [5.74, 6) is 4.86. The third-order valence-electron chi connectivity index (χ3n) is 2.72. The van der Waals surface area contributed by atoms with Crippen molar-refractivity contribution in [1.82, 2.24) is 9.97 Å². The second kappa shape index (κ2) is 6.71. The molecule has 9 heteroatoms. The molecule has 1 aromatic heterocycles. The number of nitrogens with zero attached hydrogens (tertiary/aromatic N) is 2. The summed E-state index contributed by atoms with van der Waals surface area (Å²) in [6.45, 7) is 3.71. The molecule has 0 aliphatic rings. The number of rotatable bonds is 6. The lowest BCUT2D eigenvalue weighted by Gasteiger charge is -2.22. The van der Waals surface area contributed by atoms with Crippen LogP contribution in [0.15, 0.2) is 6.07 Å². The summed E-state index contributed by atoms with van der Waals surface area (Å²) < 4.78 is 38.1. The molecule has 1 rings (SSSR count). The molecule has 1 aromatic rings. The number of hydrogen-bond donors (Lipinski definition) is 4. The van der Waals surface area contributed by atoms with Gasteiger partial charge < -0.3 is 10.4 Å². The van der Waals surface area contributed by atoms with Crippen LogP contribution in [0, 0.1) is 5.92 Å². The number of hydrazine groups is 1. The number of nitrogen functional groups attached to an aromatic ring is 1. The molecule has 0 bridgehead atoms. The summed E-state index contributed by atoms with van der Waals surface area (Å²) in [7, 11) is 0. The van der Waals surface area contributed by atoms with Crippen LogP contribution in [0.3, 0.4) is 0 Å². The Morgan fingerprint density at radius 1 is 1.35 bits per heavy atom. The van der Waals surface area contributed by atoms with Crippen molar-refractivity contribution in [2.24, 2.45) is 11.8 Å². The Balaban J connectivity index is 3.04. The van der Waals surface area contributed by atoms with E-state index in [2.05, 4.69) is 15.3 Å². The minimum Gasteiger partial charge on any atom is -0.396 e. The van der Waals surface area contributed by atoms with E-state index in [1.165, 1.54) is 0 Å². The number of hydrogen-bond acceptors (Lipinski definition) is 6. The lowest BCUT2D eigenvalue weighted by atomic mass is 10.0. The van der Waals surface area contributed by atoms with E-state index >= 15 is 0 Å². The highest BCUT2D eigenvalue weighted by molar-refractivity contribution is 5.43. The number of halogens is 3. The maximum absolute atomic E-state index is 12.7. The molecule has 0 amide bonds. The third kappa shape index (κ3) is 4.49. The lowest BCUT2D eigenvalue weighted by Crippen LogP contribution is -2.28. The number of alkyl halides is 3. The van der Waals surface area contributed by atoms with Gasteiger partial charge in [0, 0.05) is 18.7 Å². The van der Waals surface area contributed by atoms with E-state index in [1.54, 1.807) is 0 Å². The molecule has 1 unspecified atom stereocenters. The van der Waals surface area contributed by atoms with Crippen molar-refractivity contribution < 1.29 is 18.3 Å². The van der Waals surface area contributed by atoms with Crippen LogP contribution < -0.4 is 16.6 Å². The topological polar surface area (TPSA) is 96.1 Å². The van der Waals surface area contributed by atoms with Crippen LogP contribution in [0.4, 0.5) is 24.9 Å². The highest BCUT2D eigenvalue weighted by atomic mass is 19.4.